The van der Waals surface area contributed by atoms with E-state index in [2.05, 4.69) is 50.4 Å². The van der Waals surface area contributed by atoms with E-state index < -0.39 is 0 Å². The van der Waals surface area contributed by atoms with Crippen molar-refractivity contribution in [2.24, 2.45) is 5.92 Å². The van der Waals surface area contributed by atoms with Crippen LogP contribution in [0.3, 0.4) is 0 Å². The van der Waals surface area contributed by atoms with Crippen molar-refractivity contribution in [2.75, 3.05) is 32.8 Å². The highest BCUT2D eigenvalue weighted by Crippen LogP contribution is 2.29. The first-order chi connectivity index (χ1) is 16.1. The average Bonchev–Trinajstić information content (AvgIpc) is 2.83. The van der Waals surface area contributed by atoms with Gasteiger partial charge in [-0.2, -0.15) is 0 Å². The largest absolute Gasteiger partial charge is 0.494 e. The maximum Gasteiger partial charge on any atom is 0.317 e. The predicted molar refractivity (Wildman–Crippen MR) is 137 cm³/mol. The lowest BCUT2D eigenvalue weighted by molar-refractivity contribution is 0.153. The van der Waals surface area contributed by atoms with Gasteiger partial charge in [0.2, 0.25) is 0 Å². The lowest BCUT2D eigenvalue weighted by Gasteiger charge is -2.36. The minimum Gasteiger partial charge on any atom is -0.494 e. The van der Waals surface area contributed by atoms with E-state index in [9.17, 15) is 4.79 Å². The summed E-state index contributed by atoms with van der Waals surface area (Å²) in [6.45, 7) is 7.62. The summed E-state index contributed by atoms with van der Waals surface area (Å²) in [5.74, 6) is 1.68. The number of amides is 2. The van der Waals surface area contributed by atoms with Crippen LogP contribution in [0.25, 0.3) is 0 Å². The van der Waals surface area contributed by atoms with Gasteiger partial charge >= 0.3 is 6.03 Å². The van der Waals surface area contributed by atoms with E-state index >= 15 is 0 Å². The fourth-order valence-corrected chi connectivity index (χ4v) is 5.36. The summed E-state index contributed by atoms with van der Waals surface area (Å²) < 4.78 is 6.86. The Morgan fingerprint density at radius 2 is 1.85 bits per heavy atom. The van der Waals surface area contributed by atoms with Gasteiger partial charge in [0.1, 0.15) is 5.75 Å². The first kappa shape index (κ1) is 24.1. The Labute approximate surface area is 206 Å². The van der Waals surface area contributed by atoms with E-state index in [0.717, 1.165) is 57.1 Å². The molecule has 4 rings (SSSR count). The molecule has 2 heterocycles. The van der Waals surface area contributed by atoms with Crippen molar-refractivity contribution in [1.29, 1.82) is 0 Å². The summed E-state index contributed by atoms with van der Waals surface area (Å²) in [7, 11) is 0. The second-order valence-corrected chi connectivity index (χ2v) is 10.2. The Balaban J connectivity index is 1.17. The standard InChI is InChI=1S/C27H36BrN3O2/c1-2-33-25-8-9-26(28)23(19-25)18-21-10-14-30(15-11-21)16-12-24-13-17-31(27(32)29-24)20-22-6-4-3-5-7-22/h3-9,19,21,24H,2,10-18,20H2,1H3,(H,29,32). The molecule has 0 aromatic heterocycles. The molecule has 0 bridgehead atoms. The molecule has 2 aromatic carbocycles. The van der Waals surface area contributed by atoms with E-state index in [-0.39, 0.29) is 6.03 Å². The van der Waals surface area contributed by atoms with Crippen LogP contribution in [-0.2, 0) is 13.0 Å². The number of hydrogen-bond donors (Lipinski definition) is 1. The lowest BCUT2D eigenvalue weighted by Crippen LogP contribution is -2.52. The zero-order valence-corrected chi connectivity index (χ0v) is 21.2. The number of carbonyl (C=O) groups is 1. The number of piperidine rings is 1. The van der Waals surface area contributed by atoms with Gasteiger partial charge in [-0.3, -0.25) is 0 Å². The van der Waals surface area contributed by atoms with Crippen molar-refractivity contribution < 1.29 is 9.53 Å². The van der Waals surface area contributed by atoms with Crippen molar-refractivity contribution in [3.05, 3.63) is 64.1 Å². The maximum atomic E-state index is 12.6. The van der Waals surface area contributed by atoms with Crippen LogP contribution in [0.4, 0.5) is 4.79 Å². The van der Waals surface area contributed by atoms with Gasteiger partial charge in [-0.15, -0.1) is 0 Å². The Morgan fingerprint density at radius 1 is 1.06 bits per heavy atom. The molecule has 1 N–H and O–H groups in total. The Morgan fingerprint density at radius 3 is 2.58 bits per heavy atom. The van der Waals surface area contributed by atoms with Crippen molar-refractivity contribution in [2.45, 2.75) is 51.6 Å². The molecule has 1 unspecified atom stereocenters. The summed E-state index contributed by atoms with van der Waals surface area (Å²) in [5, 5.41) is 3.23. The lowest BCUT2D eigenvalue weighted by atomic mass is 9.90. The summed E-state index contributed by atoms with van der Waals surface area (Å²) in [5.41, 5.74) is 2.54. The molecule has 5 nitrogen and oxygen atoms in total. The number of halogens is 1. The Hall–Kier alpha value is -2.05. The zero-order chi connectivity index (χ0) is 23.0. The SMILES string of the molecule is CCOc1ccc(Br)c(CC2CCN(CCC3CCN(Cc4ccccc4)C(=O)N3)CC2)c1. The minimum absolute atomic E-state index is 0.0775. The molecule has 0 aliphatic carbocycles. The second kappa shape index (κ2) is 11.9. The number of nitrogens with one attached hydrogen (secondary N) is 1. The third kappa shape index (κ3) is 6.97. The van der Waals surface area contributed by atoms with E-state index in [1.807, 2.05) is 36.1 Å². The molecule has 2 amide bonds. The van der Waals surface area contributed by atoms with Crippen LogP contribution in [-0.4, -0.2) is 54.7 Å². The number of ether oxygens (including phenoxy) is 1. The highest BCUT2D eigenvalue weighted by atomic mass is 79.9. The topological polar surface area (TPSA) is 44.8 Å². The van der Waals surface area contributed by atoms with Crippen LogP contribution in [0.15, 0.2) is 53.0 Å². The molecule has 178 valence electrons. The molecule has 2 aliphatic rings. The molecule has 2 saturated heterocycles. The first-order valence-corrected chi connectivity index (χ1v) is 13.1. The van der Waals surface area contributed by atoms with Crippen molar-refractivity contribution in [1.82, 2.24) is 15.1 Å². The van der Waals surface area contributed by atoms with Gasteiger partial charge in [0.25, 0.3) is 0 Å². The third-order valence-corrected chi connectivity index (χ3v) is 7.69. The number of benzene rings is 2. The second-order valence-electron chi connectivity index (χ2n) is 9.31. The molecule has 2 aliphatic heterocycles. The third-order valence-electron chi connectivity index (χ3n) is 6.92. The highest BCUT2D eigenvalue weighted by Gasteiger charge is 2.26. The Kier molecular flexibility index (Phi) is 8.68. The van der Waals surface area contributed by atoms with Gasteiger partial charge in [0, 0.05) is 30.1 Å². The number of urea groups is 1. The van der Waals surface area contributed by atoms with Gasteiger partial charge in [-0.05, 0) is 87.4 Å². The number of carbonyl (C=O) groups excluding carboxylic acids is 1. The van der Waals surface area contributed by atoms with E-state index in [1.54, 1.807) is 0 Å². The summed E-state index contributed by atoms with van der Waals surface area (Å²) in [6.07, 6.45) is 5.63. The van der Waals surface area contributed by atoms with Crippen LogP contribution < -0.4 is 10.1 Å². The van der Waals surface area contributed by atoms with Gasteiger partial charge in [-0.1, -0.05) is 46.3 Å². The van der Waals surface area contributed by atoms with Gasteiger partial charge in [-0.25, -0.2) is 4.79 Å². The van der Waals surface area contributed by atoms with E-state index in [1.165, 1.54) is 28.4 Å². The zero-order valence-electron chi connectivity index (χ0n) is 19.6. The molecular formula is C27H36BrN3O2. The summed E-state index contributed by atoms with van der Waals surface area (Å²) in [6, 6.07) is 16.9. The van der Waals surface area contributed by atoms with Crippen LogP contribution in [0.5, 0.6) is 5.75 Å². The van der Waals surface area contributed by atoms with Crippen molar-refractivity contribution >= 4 is 22.0 Å². The van der Waals surface area contributed by atoms with Crippen molar-refractivity contribution in [3.8, 4) is 5.75 Å². The molecule has 2 fully saturated rings. The quantitative estimate of drug-likeness (QED) is 0.482. The summed E-state index contributed by atoms with van der Waals surface area (Å²) in [4.78, 5) is 17.1. The molecule has 0 saturated carbocycles. The molecule has 6 heteroatoms. The number of likely N-dealkylation sites (tertiary alicyclic amines) is 1. The molecule has 2 aromatic rings. The van der Waals surface area contributed by atoms with Crippen LogP contribution in [0.1, 0.15) is 43.7 Å². The van der Waals surface area contributed by atoms with E-state index in [0.29, 0.717) is 19.2 Å². The smallest absolute Gasteiger partial charge is 0.317 e. The molecule has 0 radical (unpaired) electrons. The van der Waals surface area contributed by atoms with Crippen LogP contribution in [0, 0.1) is 5.92 Å². The fourth-order valence-electron chi connectivity index (χ4n) is 4.95. The van der Waals surface area contributed by atoms with Gasteiger partial charge in [0.05, 0.1) is 6.61 Å². The maximum absolute atomic E-state index is 12.6. The van der Waals surface area contributed by atoms with Gasteiger partial charge in [0.15, 0.2) is 0 Å². The van der Waals surface area contributed by atoms with Crippen LogP contribution in [0.2, 0.25) is 0 Å². The molecular weight excluding hydrogens is 478 g/mol. The summed E-state index contributed by atoms with van der Waals surface area (Å²) >= 11 is 3.71. The highest BCUT2D eigenvalue weighted by molar-refractivity contribution is 9.10. The number of nitrogens with zero attached hydrogens (tertiary/aromatic N) is 2. The predicted octanol–water partition coefficient (Wildman–Crippen LogP) is 5.48. The monoisotopic (exact) mass is 513 g/mol. The molecule has 1 atom stereocenters. The van der Waals surface area contributed by atoms with Crippen molar-refractivity contribution in [3.63, 3.8) is 0 Å². The Bertz CT molecular complexity index is 899. The number of hydrogen-bond acceptors (Lipinski definition) is 3. The fraction of sp³-hybridized carbons (Fsp3) is 0.519. The van der Waals surface area contributed by atoms with E-state index in [4.69, 9.17) is 4.74 Å². The molecule has 33 heavy (non-hydrogen) atoms. The number of rotatable bonds is 9. The first-order valence-electron chi connectivity index (χ1n) is 12.3. The minimum atomic E-state index is 0.0775. The normalized spacial score (nSPS) is 20.0. The van der Waals surface area contributed by atoms with Gasteiger partial charge < -0.3 is 19.9 Å². The molecule has 0 spiro atoms. The van der Waals surface area contributed by atoms with Crippen LogP contribution >= 0.6 is 15.9 Å². The average molecular weight is 515 g/mol.